The summed E-state index contributed by atoms with van der Waals surface area (Å²) in [4.78, 5) is 12.2. The minimum Gasteiger partial charge on any atom is -0.493 e. The Bertz CT molecular complexity index is 1030. The fourth-order valence-corrected chi connectivity index (χ4v) is 4.51. The van der Waals surface area contributed by atoms with E-state index < -0.39 is 22.5 Å². The van der Waals surface area contributed by atoms with Crippen LogP contribution in [0.2, 0.25) is 0 Å². The molecule has 2 N–H and O–H groups in total. The quantitative estimate of drug-likeness (QED) is 0.467. The second kappa shape index (κ2) is 10.2. The molecular weight excluding hydrogens is 406 g/mol. The average Bonchev–Trinajstić information content (AvgIpc) is 2.66. The Kier molecular flexibility index (Phi) is 7.96. The Balaban J connectivity index is 1.98. The normalized spacial score (nSPS) is 11.5. The van der Waals surface area contributed by atoms with Gasteiger partial charge in [0.25, 0.3) is 5.91 Å². The maximum absolute atomic E-state index is 12.6. The van der Waals surface area contributed by atoms with E-state index in [1.807, 2.05) is 13.8 Å². The van der Waals surface area contributed by atoms with E-state index in [-0.39, 0.29) is 4.90 Å². The van der Waals surface area contributed by atoms with Crippen molar-refractivity contribution in [3.63, 3.8) is 0 Å². The van der Waals surface area contributed by atoms with Crippen LogP contribution >= 0.6 is 0 Å². The van der Waals surface area contributed by atoms with Crippen molar-refractivity contribution in [3.05, 3.63) is 52.6 Å². The predicted molar refractivity (Wildman–Crippen MR) is 116 cm³/mol. The molecule has 0 heterocycles. The SMILES string of the molecule is CCOc1ccc(/C=N\NC(=O)CNS(=O)(=O)c2c(C)cc(C)cc2C)cc1OC. The second-order valence-corrected chi connectivity index (χ2v) is 8.39. The van der Waals surface area contributed by atoms with Crippen LogP contribution in [0.1, 0.15) is 29.2 Å². The summed E-state index contributed by atoms with van der Waals surface area (Å²) in [5, 5.41) is 3.86. The highest BCUT2D eigenvalue weighted by atomic mass is 32.2. The fourth-order valence-electron chi connectivity index (χ4n) is 3.08. The van der Waals surface area contributed by atoms with E-state index in [4.69, 9.17) is 9.47 Å². The number of carbonyl (C=O) groups is 1. The lowest BCUT2D eigenvalue weighted by Gasteiger charge is -2.12. The van der Waals surface area contributed by atoms with Gasteiger partial charge in [-0.1, -0.05) is 17.7 Å². The van der Waals surface area contributed by atoms with Crippen LogP contribution in [-0.2, 0) is 14.8 Å². The number of benzene rings is 2. The zero-order valence-electron chi connectivity index (χ0n) is 17.8. The number of nitrogens with one attached hydrogen (secondary N) is 2. The van der Waals surface area contributed by atoms with Crippen LogP contribution in [0.4, 0.5) is 0 Å². The molecule has 0 radical (unpaired) electrons. The van der Waals surface area contributed by atoms with Gasteiger partial charge in [-0.3, -0.25) is 4.79 Å². The van der Waals surface area contributed by atoms with E-state index in [1.54, 1.807) is 44.2 Å². The van der Waals surface area contributed by atoms with E-state index >= 15 is 0 Å². The fraction of sp³-hybridized carbons (Fsp3) is 0.333. The highest BCUT2D eigenvalue weighted by molar-refractivity contribution is 7.89. The lowest BCUT2D eigenvalue weighted by molar-refractivity contribution is -0.119. The molecule has 2 aromatic carbocycles. The zero-order valence-corrected chi connectivity index (χ0v) is 18.6. The van der Waals surface area contributed by atoms with Gasteiger partial charge < -0.3 is 9.47 Å². The number of ether oxygens (including phenoxy) is 2. The van der Waals surface area contributed by atoms with E-state index in [0.29, 0.717) is 34.8 Å². The minimum absolute atomic E-state index is 0.186. The topological polar surface area (TPSA) is 106 Å². The first-order chi connectivity index (χ1) is 14.2. The molecule has 0 aliphatic heterocycles. The van der Waals surface area contributed by atoms with Gasteiger partial charge >= 0.3 is 0 Å². The van der Waals surface area contributed by atoms with Crippen molar-refractivity contribution < 1.29 is 22.7 Å². The molecule has 162 valence electrons. The van der Waals surface area contributed by atoms with Crippen LogP contribution in [-0.4, -0.2) is 40.8 Å². The maximum Gasteiger partial charge on any atom is 0.255 e. The first-order valence-corrected chi connectivity index (χ1v) is 10.9. The van der Waals surface area contributed by atoms with Crippen LogP contribution in [0, 0.1) is 20.8 Å². The third kappa shape index (κ3) is 6.04. The van der Waals surface area contributed by atoms with Gasteiger partial charge in [0.05, 0.1) is 31.4 Å². The largest absolute Gasteiger partial charge is 0.493 e. The number of sulfonamides is 1. The molecule has 0 aliphatic carbocycles. The van der Waals surface area contributed by atoms with Crippen molar-refractivity contribution in [1.82, 2.24) is 10.1 Å². The minimum atomic E-state index is -3.82. The summed E-state index contributed by atoms with van der Waals surface area (Å²) >= 11 is 0. The Hall–Kier alpha value is -2.91. The van der Waals surface area contributed by atoms with Crippen molar-refractivity contribution in [2.24, 2.45) is 5.10 Å². The number of hydrazone groups is 1. The summed E-state index contributed by atoms with van der Waals surface area (Å²) in [5.74, 6) is 0.566. The molecule has 0 saturated heterocycles. The summed E-state index contributed by atoms with van der Waals surface area (Å²) in [6, 6.07) is 8.79. The molecule has 9 heteroatoms. The molecule has 0 saturated carbocycles. The Labute approximate surface area is 177 Å². The number of nitrogens with zero attached hydrogens (tertiary/aromatic N) is 1. The van der Waals surface area contributed by atoms with E-state index in [2.05, 4.69) is 15.2 Å². The van der Waals surface area contributed by atoms with Crippen molar-refractivity contribution in [3.8, 4) is 11.5 Å². The molecule has 0 spiro atoms. The smallest absolute Gasteiger partial charge is 0.255 e. The molecule has 0 aromatic heterocycles. The number of hydrogen-bond acceptors (Lipinski definition) is 6. The molecule has 1 amide bonds. The standard InChI is InChI=1S/C21H27N3O5S/c1-6-29-18-8-7-17(11-19(18)28-5)12-22-24-20(25)13-23-30(26,27)21-15(3)9-14(2)10-16(21)4/h7-12,23H,6,13H2,1-5H3,(H,24,25)/b22-12-. The van der Waals surface area contributed by atoms with Gasteiger partial charge in [0.15, 0.2) is 11.5 Å². The molecule has 8 nitrogen and oxygen atoms in total. The van der Waals surface area contributed by atoms with Crippen LogP contribution in [0.5, 0.6) is 11.5 Å². The number of rotatable bonds is 9. The van der Waals surface area contributed by atoms with Gasteiger partial charge in [0, 0.05) is 0 Å². The molecule has 0 fully saturated rings. The summed E-state index contributed by atoms with van der Waals surface area (Å²) in [6.07, 6.45) is 1.43. The molecule has 0 aliphatic rings. The monoisotopic (exact) mass is 433 g/mol. The van der Waals surface area contributed by atoms with Gasteiger partial charge in [-0.25, -0.2) is 18.6 Å². The first-order valence-electron chi connectivity index (χ1n) is 9.38. The third-order valence-corrected chi connectivity index (χ3v) is 5.89. The first kappa shape index (κ1) is 23.4. The lowest BCUT2D eigenvalue weighted by atomic mass is 10.1. The van der Waals surface area contributed by atoms with Gasteiger partial charge in [0.1, 0.15) is 0 Å². The number of amides is 1. The zero-order chi connectivity index (χ0) is 22.3. The van der Waals surface area contributed by atoms with Crippen molar-refractivity contribution in [2.75, 3.05) is 20.3 Å². The number of carbonyl (C=O) groups excluding carboxylic acids is 1. The summed E-state index contributed by atoms with van der Waals surface area (Å²) in [6.45, 7) is 7.31. The van der Waals surface area contributed by atoms with E-state index in [9.17, 15) is 13.2 Å². The Morgan fingerprint density at radius 1 is 1.10 bits per heavy atom. The summed E-state index contributed by atoms with van der Waals surface area (Å²) < 4.78 is 38.2. The number of aryl methyl sites for hydroxylation is 3. The van der Waals surface area contributed by atoms with Crippen LogP contribution < -0.4 is 19.6 Å². The van der Waals surface area contributed by atoms with Crippen LogP contribution in [0.25, 0.3) is 0 Å². The predicted octanol–water partition coefficient (Wildman–Crippen LogP) is 2.45. The Morgan fingerprint density at radius 3 is 2.37 bits per heavy atom. The maximum atomic E-state index is 12.6. The van der Waals surface area contributed by atoms with Crippen molar-refractivity contribution in [2.45, 2.75) is 32.6 Å². The summed E-state index contributed by atoms with van der Waals surface area (Å²) in [5.41, 5.74) is 5.21. The summed E-state index contributed by atoms with van der Waals surface area (Å²) in [7, 11) is -2.29. The molecule has 30 heavy (non-hydrogen) atoms. The molecule has 0 bridgehead atoms. The van der Waals surface area contributed by atoms with E-state index in [0.717, 1.165) is 5.56 Å². The average molecular weight is 434 g/mol. The molecule has 2 aromatic rings. The number of hydrogen-bond donors (Lipinski definition) is 2. The second-order valence-electron chi connectivity index (χ2n) is 6.69. The number of methoxy groups -OCH3 is 1. The van der Waals surface area contributed by atoms with Crippen LogP contribution in [0.3, 0.4) is 0 Å². The van der Waals surface area contributed by atoms with Gasteiger partial charge in [-0.15, -0.1) is 0 Å². The highest BCUT2D eigenvalue weighted by Gasteiger charge is 2.20. The third-order valence-electron chi connectivity index (χ3n) is 4.19. The van der Waals surface area contributed by atoms with Crippen LogP contribution in [0.15, 0.2) is 40.3 Å². The molecule has 2 rings (SSSR count). The molecule has 0 unspecified atom stereocenters. The molecular formula is C21H27N3O5S. The van der Waals surface area contributed by atoms with Crippen molar-refractivity contribution in [1.29, 1.82) is 0 Å². The van der Waals surface area contributed by atoms with E-state index in [1.165, 1.54) is 13.3 Å². The van der Waals surface area contributed by atoms with Gasteiger partial charge in [-0.2, -0.15) is 5.10 Å². The highest BCUT2D eigenvalue weighted by Crippen LogP contribution is 2.27. The van der Waals surface area contributed by atoms with Gasteiger partial charge in [0.2, 0.25) is 10.0 Å². The molecule has 0 atom stereocenters. The van der Waals surface area contributed by atoms with Gasteiger partial charge in [-0.05, 0) is 62.6 Å². The lowest BCUT2D eigenvalue weighted by Crippen LogP contribution is -2.35. The Morgan fingerprint density at radius 2 is 1.77 bits per heavy atom. The van der Waals surface area contributed by atoms with Crippen molar-refractivity contribution >= 4 is 22.1 Å².